The number of rotatable bonds is 5. The fourth-order valence-electron chi connectivity index (χ4n) is 2.12. The molecule has 0 saturated carbocycles. The smallest absolute Gasteiger partial charge is 0.126 e. The highest BCUT2D eigenvalue weighted by Crippen LogP contribution is 2.21. The molecular formula is C16H17F2NO. The molecule has 0 spiro atoms. The van der Waals surface area contributed by atoms with E-state index in [1.54, 1.807) is 37.3 Å². The van der Waals surface area contributed by atoms with Crippen LogP contribution >= 0.6 is 0 Å². The van der Waals surface area contributed by atoms with Crippen LogP contribution in [0.5, 0.6) is 0 Å². The average molecular weight is 277 g/mol. The number of hydrogen-bond donors (Lipinski definition) is 2. The number of aliphatic hydroxyl groups is 1. The van der Waals surface area contributed by atoms with E-state index >= 15 is 0 Å². The van der Waals surface area contributed by atoms with Crippen LogP contribution in [0.15, 0.2) is 48.5 Å². The lowest BCUT2D eigenvalue weighted by molar-refractivity contribution is 0.221. The standard InChI is InChI=1S/C16H17F2NO/c1-16(11-20,10-12-5-2-3-8-15(12)18)19-14-7-4-6-13(17)9-14/h2-9,19-20H,10-11H2,1H3. The molecule has 2 rings (SSSR count). The molecule has 2 nitrogen and oxygen atoms in total. The molecule has 106 valence electrons. The summed E-state index contributed by atoms with van der Waals surface area (Å²) in [5, 5.41) is 12.7. The van der Waals surface area contributed by atoms with Crippen molar-refractivity contribution < 1.29 is 13.9 Å². The second-order valence-electron chi connectivity index (χ2n) is 5.12. The Morgan fingerprint density at radius 2 is 1.85 bits per heavy atom. The Bertz CT molecular complexity index is 588. The third kappa shape index (κ3) is 3.54. The minimum atomic E-state index is -0.768. The summed E-state index contributed by atoms with van der Waals surface area (Å²) in [6.07, 6.45) is 0.298. The fourth-order valence-corrected chi connectivity index (χ4v) is 2.12. The van der Waals surface area contributed by atoms with Crippen molar-refractivity contribution in [1.82, 2.24) is 0 Å². The Morgan fingerprint density at radius 3 is 2.50 bits per heavy atom. The van der Waals surface area contributed by atoms with Crippen LogP contribution in [0.25, 0.3) is 0 Å². The predicted octanol–water partition coefficient (Wildman–Crippen LogP) is 3.37. The van der Waals surface area contributed by atoms with Crippen LogP contribution in [-0.4, -0.2) is 17.3 Å². The predicted molar refractivity (Wildman–Crippen MR) is 75.6 cm³/mol. The molecule has 0 amide bonds. The average Bonchev–Trinajstić information content (AvgIpc) is 2.41. The number of aliphatic hydroxyl groups excluding tert-OH is 1. The topological polar surface area (TPSA) is 32.3 Å². The summed E-state index contributed by atoms with van der Waals surface area (Å²) in [6, 6.07) is 12.4. The van der Waals surface area contributed by atoms with Gasteiger partial charge < -0.3 is 10.4 Å². The Balaban J connectivity index is 2.19. The minimum absolute atomic E-state index is 0.197. The van der Waals surface area contributed by atoms with E-state index in [0.717, 1.165) is 0 Å². The van der Waals surface area contributed by atoms with Crippen molar-refractivity contribution in [2.24, 2.45) is 0 Å². The molecular weight excluding hydrogens is 260 g/mol. The van der Waals surface area contributed by atoms with Gasteiger partial charge in [0.05, 0.1) is 12.1 Å². The van der Waals surface area contributed by atoms with Gasteiger partial charge in [-0.25, -0.2) is 8.78 Å². The molecule has 0 aliphatic rings. The molecule has 0 radical (unpaired) electrons. The summed E-state index contributed by atoms with van der Waals surface area (Å²) in [7, 11) is 0. The molecule has 1 atom stereocenters. The first-order valence-electron chi connectivity index (χ1n) is 6.40. The molecule has 2 N–H and O–H groups in total. The molecule has 0 saturated heterocycles. The first kappa shape index (κ1) is 14.5. The molecule has 0 aromatic heterocycles. The Morgan fingerprint density at radius 1 is 1.10 bits per heavy atom. The van der Waals surface area contributed by atoms with E-state index in [0.29, 0.717) is 17.7 Å². The number of halogens is 2. The van der Waals surface area contributed by atoms with Crippen LogP contribution in [-0.2, 0) is 6.42 Å². The largest absolute Gasteiger partial charge is 0.394 e. The third-order valence-corrected chi connectivity index (χ3v) is 3.16. The Kier molecular flexibility index (Phi) is 4.35. The van der Waals surface area contributed by atoms with Gasteiger partial charge in [-0.05, 0) is 36.8 Å². The van der Waals surface area contributed by atoms with Crippen LogP contribution in [0.1, 0.15) is 12.5 Å². The first-order chi connectivity index (χ1) is 9.52. The van der Waals surface area contributed by atoms with Gasteiger partial charge in [-0.1, -0.05) is 24.3 Å². The van der Waals surface area contributed by atoms with Gasteiger partial charge >= 0.3 is 0 Å². The molecule has 0 bridgehead atoms. The summed E-state index contributed by atoms with van der Waals surface area (Å²) in [4.78, 5) is 0. The van der Waals surface area contributed by atoms with Gasteiger partial charge in [0.1, 0.15) is 11.6 Å². The maximum atomic E-state index is 13.7. The lowest BCUT2D eigenvalue weighted by Crippen LogP contribution is -2.41. The second-order valence-corrected chi connectivity index (χ2v) is 5.12. The zero-order chi connectivity index (χ0) is 14.6. The summed E-state index contributed by atoms with van der Waals surface area (Å²) < 4.78 is 26.9. The zero-order valence-electron chi connectivity index (χ0n) is 11.2. The molecule has 0 heterocycles. The molecule has 0 fully saturated rings. The SMILES string of the molecule is CC(CO)(Cc1ccccc1F)Nc1cccc(F)c1. The maximum absolute atomic E-state index is 13.7. The van der Waals surface area contributed by atoms with E-state index in [1.807, 2.05) is 0 Å². The molecule has 4 heteroatoms. The van der Waals surface area contributed by atoms with Crippen molar-refractivity contribution in [3.8, 4) is 0 Å². The van der Waals surface area contributed by atoms with Crippen molar-refractivity contribution in [2.75, 3.05) is 11.9 Å². The number of anilines is 1. The molecule has 2 aromatic carbocycles. The summed E-state index contributed by atoms with van der Waals surface area (Å²) >= 11 is 0. The molecule has 2 aromatic rings. The quantitative estimate of drug-likeness (QED) is 0.878. The van der Waals surface area contributed by atoms with E-state index in [2.05, 4.69) is 5.32 Å². The van der Waals surface area contributed by atoms with Gasteiger partial charge in [0.15, 0.2) is 0 Å². The summed E-state index contributed by atoms with van der Waals surface area (Å²) in [5.74, 6) is -0.672. The number of benzene rings is 2. The first-order valence-corrected chi connectivity index (χ1v) is 6.40. The van der Waals surface area contributed by atoms with Gasteiger partial charge in [0.2, 0.25) is 0 Å². The summed E-state index contributed by atoms with van der Waals surface area (Å²) in [6.45, 7) is 1.57. The highest BCUT2D eigenvalue weighted by Gasteiger charge is 2.25. The van der Waals surface area contributed by atoms with E-state index in [1.165, 1.54) is 18.2 Å². The highest BCUT2D eigenvalue weighted by atomic mass is 19.1. The van der Waals surface area contributed by atoms with Crippen LogP contribution in [0.2, 0.25) is 0 Å². The lowest BCUT2D eigenvalue weighted by atomic mass is 9.93. The van der Waals surface area contributed by atoms with Gasteiger partial charge in [0.25, 0.3) is 0 Å². The fraction of sp³-hybridized carbons (Fsp3) is 0.250. The van der Waals surface area contributed by atoms with Crippen molar-refractivity contribution in [3.63, 3.8) is 0 Å². The van der Waals surface area contributed by atoms with E-state index in [9.17, 15) is 13.9 Å². The van der Waals surface area contributed by atoms with E-state index in [4.69, 9.17) is 0 Å². The van der Waals surface area contributed by atoms with Crippen LogP contribution in [0.3, 0.4) is 0 Å². The Hall–Kier alpha value is -1.94. The van der Waals surface area contributed by atoms with Crippen molar-refractivity contribution in [2.45, 2.75) is 18.9 Å². The Labute approximate surface area is 117 Å². The maximum Gasteiger partial charge on any atom is 0.126 e. The zero-order valence-corrected chi connectivity index (χ0v) is 11.2. The van der Waals surface area contributed by atoms with Gasteiger partial charge in [0, 0.05) is 12.1 Å². The normalized spacial score (nSPS) is 13.8. The molecule has 1 unspecified atom stereocenters. The lowest BCUT2D eigenvalue weighted by Gasteiger charge is -2.30. The molecule has 0 aliphatic heterocycles. The van der Waals surface area contributed by atoms with Crippen LogP contribution in [0, 0.1) is 11.6 Å². The van der Waals surface area contributed by atoms with Crippen molar-refractivity contribution in [3.05, 3.63) is 65.7 Å². The van der Waals surface area contributed by atoms with Crippen LogP contribution < -0.4 is 5.32 Å². The van der Waals surface area contributed by atoms with Gasteiger partial charge in [-0.15, -0.1) is 0 Å². The summed E-state index contributed by atoms with van der Waals surface area (Å²) in [5.41, 5.74) is 0.293. The third-order valence-electron chi connectivity index (χ3n) is 3.16. The van der Waals surface area contributed by atoms with Crippen molar-refractivity contribution in [1.29, 1.82) is 0 Å². The van der Waals surface area contributed by atoms with Crippen LogP contribution in [0.4, 0.5) is 14.5 Å². The van der Waals surface area contributed by atoms with E-state index in [-0.39, 0.29) is 18.2 Å². The van der Waals surface area contributed by atoms with E-state index < -0.39 is 5.54 Å². The second kappa shape index (κ2) is 6.01. The van der Waals surface area contributed by atoms with Gasteiger partial charge in [-0.3, -0.25) is 0 Å². The highest BCUT2D eigenvalue weighted by molar-refractivity contribution is 5.46. The number of nitrogens with one attached hydrogen (secondary N) is 1. The van der Waals surface area contributed by atoms with Crippen molar-refractivity contribution >= 4 is 5.69 Å². The monoisotopic (exact) mass is 277 g/mol. The number of hydrogen-bond acceptors (Lipinski definition) is 2. The molecule has 20 heavy (non-hydrogen) atoms. The minimum Gasteiger partial charge on any atom is -0.394 e. The molecule has 0 aliphatic carbocycles. The van der Waals surface area contributed by atoms with Gasteiger partial charge in [-0.2, -0.15) is 0 Å².